The summed E-state index contributed by atoms with van der Waals surface area (Å²) in [5.41, 5.74) is 6.23. The van der Waals surface area contributed by atoms with Gasteiger partial charge in [-0.2, -0.15) is 8.78 Å². The van der Waals surface area contributed by atoms with Gasteiger partial charge in [-0.05, 0) is 43.0 Å². The van der Waals surface area contributed by atoms with Crippen LogP contribution >= 0.6 is 12.4 Å². The molecule has 5 nitrogen and oxygen atoms in total. The number of benzene rings is 1. The maximum atomic E-state index is 12.4. The Morgan fingerprint density at radius 3 is 2.42 bits per heavy atom. The highest BCUT2D eigenvalue weighted by atomic mass is 35.5. The molecule has 1 aliphatic carbocycles. The Kier molecular flexibility index (Phi) is 7.56. The molecule has 136 valence electrons. The minimum absolute atomic E-state index is 0. The molecule has 1 fully saturated rings. The molecule has 1 aromatic rings. The Labute approximate surface area is 146 Å². The van der Waals surface area contributed by atoms with Gasteiger partial charge in [-0.15, -0.1) is 12.4 Å². The molecule has 0 saturated heterocycles. The largest absolute Gasteiger partial charge is 0.353 e. The van der Waals surface area contributed by atoms with E-state index in [1.807, 2.05) is 0 Å². The molecular weight excluding hydrogens is 362 g/mol. The van der Waals surface area contributed by atoms with Gasteiger partial charge in [0.15, 0.2) is 0 Å². The molecule has 24 heavy (non-hydrogen) atoms. The quantitative estimate of drug-likeness (QED) is 0.786. The van der Waals surface area contributed by atoms with E-state index in [9.17, 15) is 22.0 Å². The topological polar surface area (TPSA) is 89.3 Å². The smallest absolute Gasteiger partial charge is 0.341 e. The van der Waals surface area contributed by atoms with E-state index in [0.717, 1.165) is 31.4 Å². The molecule has 3 N–H and O–H groups in total. The number of halogens is 3. The van der Waals surface area contributed by atoms with E-state index in [0.29, 0.717) is 12.1 Å². The first-order valence-corrected chi connectivity index (χ1v) is 8.99. The summed E-state index contributed by atoms with van der Waals surface area (Å²) in [5, 5.41) is 2.93. The van der Waals surface area contributed by atoms with E-state index in [1.165, 1.54) is 12.1 Å². The molecule has 1 aromatic carbocycles. The molecule has 1 saturated carbocycles. The van der Waals surface area contributed by atoms with Crippen LogP contribution in [0.2, 0.25) is 0 Å². The molecule has 2 rings (SSSR count). The van der Waals surface area contributed by atoms with E-state index in [2.05, 4.69) is 5.32 Å². The van der Waals surface area contributed by atoms with Crippen molar-refractivity contribution < 1.29 is 22.0 Å². The zero-order valence-electron chi connectivity index (χ0n) is 13.0. The first-order valence-electron chi connectivity index (χ1n) is 7.45. The number of carbonyl (C=O) groups excluding carboxylic acids is 1. The minimum atomic E-state index is -4.60. The van der Waals surface area contributed by atoms with Crippen LogP contribution in [0.4, 0.5) is 8.78 Å². The summed E-state index contributed by atoms with van der Waals surface area (Å²) in [4.78, 5) is 11.6. The molecule has 2 atom stereocenters. The van der Waals surface area contributed by atoms with Gasteiger partial charge < -0.3 is 11.1 Å². The van der Waals surface area contributed by atoms with Gasteiger partial charge in [-0.3, -0.25) is 4.79 Å². The van der Waals surface area contributed by atoms with Gasteiger partial charge in [0.25, 0.3) is 0 Å². The van der Waals surface area contributed by atoms with Gasteiger partial charge in [-0.1, -0.05) is 18.6 Å². The van der Waals surface area contributed by atoms with Crippen LogP contribution in [0.5, 0.6) is 0 Å². The fraction of sp³-hybridized carbons (Fsp3) is 0.533. The average molecular weight is 383 g/mol. The van der Waals surface area contributed by atoms with Crippen molar-refractivity contribution in [2.75, 3.05) is 6.54 Å². The van der Waals surface area contributed by atoms with Crippen molar-refractivity contribution in [1.29, 1.82) is 0 Å². The van der Waals surface area contributed by atoms with Gasteiger partial charge >= 0.3 is 5.76 Å². The highest BCUT2D eigenvalue weighted by molar-refractivity contribution is 7.91. The number of hydrogen-bond donors (Lipinski definition) is 2. The Hall–Kier alpha value is -1.25. The maximum absolute atomic E-state index is 12.4. The number of alkyl halides is 2. The van der Waals surface area contributed by atoms with Crippen LogP contribution in [0.15, 0.2) is 29.2 Å². The van der Waals surface area contributed by atoms with Crippen LogP contribution in [0.25, 0.3) is 0 Å². The van der Waals surface area contributed by atoms with Crippen molar-refractivity contribution in [2.45, 2.75) is 42.4 Å². The van der Waals surface area contributed by atoms with Gasteiger partial charge in [0.05, 0.1) is 11.3 Å². The Balaban J connectivity index is 0.00000288. The lowest BCUT2D eigenvalue weighted by molar-refractivity contribution is -0.121. The third-order valence-corrected chi connectivity index (χ3v) is 5.56. The second-order valence-electron chi connectivity index (χ2n) is 5.73. The van der Waals surface area contributed by atoms with Crippen LogP contribution in [0, 0.1) is 5.92 Å². The number of rotatable bonds is 6. The zero-order valence-corrected chi connectivity index (χ0v) is 14.6. The molecule has 0 heterocycles. The molecule has 0 bridgehead atoms. The van der Waals surface area contributed by atoms with Crippen molar-refractivity contribution in [3.05, 3.63) is 29.8 Å². The number of sulfone groups is 1. The Morgan fingerprint density at radius 2 is 1.88 bits per heavy atom. The predicted octanol–water partition coefficient (Wildman–Crippen LogP) is 1.89. The number of nitrogens with two attached hydrogens (primary N) is 1. The lowest BCUT2D eigenvalue weighted by Gasteiger charge is -2.19. The first-order chi connectivity index (χ1) is 10.8. The average Bonchev–Trinajstić information content (AvgIpc) is 2.94. The van der Waals surface area contributed by atoms with Gasteiger partial charge in [-0.25, -0.2) is 8.42 Å². The van der Waals surface area contributed by atoms with Crippen LogP contribution in [0.3, 0.4) is 0 Å². The molecule has 2 unspecified atom stereocenters. The van der Waals surface area contributed by atoms with Crippen LogP contribution in [0.1, 0.15) is 24.8 Å². The first kappa shape index (κ1) is 20.8. The van der Waals surface area contributed by atoms with E-state index >= 15 is 0 Å². The monoisotopic (exact) mass is 382 g/mol. The van der Waals surface area contributed by atoms with Crippen molar-refractivity contribution >= 4 is 28.2 Å². The molecule has 0 aromatic heterocycles. The van der Waals surface area contributed by atoms with Crippen molar-refractivity contribution in [3.63, 3.8) is 0 Å². The summed E-state index contributed by atoms with van der Waals surface area (Å²) in [6.45, 7) is 0.533. The molecule has 0 spiro atoms. The fourth-order valence-electron chi connectivity index (χ4n) is 2.85. The summed E-state index contributed by atoms with van der Waals surface area (Å²) < 4.78 is 47.5. The normalized spacial score (nSPS) is 20.7. The van der Waals surface area contributed by atoms with E-state index in [-0.39, 0.29) is 36.7 Å². The van der Waals surface area contributed by atoms with Crippen molar-refractivity contribution in [3.8, 4) is 0 Å². The maximum Gasteiger partial charge on any atom is 0.341 e. The van der Waals surface area contributed by atoms with E-state index < -0.39 is 20.5 Å². The minimum Gasteiger partial charge on any atom is -0.353 e. The standard InChI is InChI=1S/C15H20F2N2O3S.ClH/c16-15(17)23(21,22)12-6-4-10(5-7-12)8-14(20)19-13-3-1-2-11(13)9-18;/h4-7,11,13,15H,1-3,8-9,18H2,(H,19,20);1H. The zero-order chi connectivity index (χ0) is 17.0. The number of nitrogens with one attached hydrogen (secondary N) is 1. The molecule has 0 aliphatic heterocycles. The summed E-state index contributed by atoms with van der Waals surface area (Å²) in [6.07, 6.45) is 3.01. The van der Waals surface area contributed by atoms with Gasteiger partial charge in [0.2, 0.25) is 15.7 Å². The third-order valence-electron chi connectivity index (χ3n) is 4.16. The fourth-order valence-corrected chi connectivity index (χ4v) is 3.57. The van der Waals surface area contributed by atoms with Gasteiger partial charge in [0.1, 0.15) is 0 Å². The summed E-state index contributed by atoms with van der Waals surface area (Å²) >= 11 is 0. The molecule has 9 heteroatoms. The van der Waals surface area contributed by atoms with Crippen molar-refractivity contribution in [2.24, 2.45) is 11.7 Å². The number of carbonyl (C=O) groups is 1. The molecule has 1 aliphatic rings. The second kappa shape index (κ2) is 8.73. The molecular formula is C15H21ClF2N2O3S. The number of hydrogen-bond acceptors (Lipinski definition) is 4. The second-order valence-corrected chi connectivity index (χ2v) is 7.64. The third kappa shape index (κ3) is 4.87. The van der Waals surface area contributed by atoms with Crippen LogP contribution in [-0.2, 0) is 21.1 Å². The predicted molar refractivity (Wildman–Crippen MR) is 88.9 cm³/mol. The Morgan fingerprint density at radius 1 is 1.25 bits per heavy atom. The lowest BCUT2D eigenvalue weighted by atomic mass is 10.0. The molecule has 1 amide bonds. The summed E-state index contributed by atoms with van der Waals surface area (Å²) in [6, 6.07) is 5.03. The Bertz CT molecular complexity index is 653. The highest BCUT2D eigenvalue weighted by Gasteiger charge is 2.28. The summed E-state index contributed by atoms with van der Waals surface area (Å²) in [7, 11) is -4.60. The lowest BCUT2D eigenvalue weighted by Crippen LogP contribution is -2.40. The van der Waals surface area contributed by atoms with E-state index in [1.54, 1.807) is 0 Å². The van der Waals surface area contributed by atoms with Crippen molar-refractivity contribution in [1.82, 2.24) is 5.32 Å². The summed E-state index contributed by atoms with van der Waals surface area (Å²) in [5.74, 6) is -3.34. The highest BCUT2D eigenvalue weighted by Crippen LogP contribution is 2.24. The number of amides is 1. The molecule has 0 radical (unpaired) electrons. The SMILES string of the molecule is Cl.NCC1CCCC1NC(=O)Cc1ccc(S(=O)(=O)C(F)F)cc1. The van der Waals surface area contributed by atoms with Crippen LogP contribution < -0.4 is 11.1 Å². The van der Waals surface area contributed by atoms with Gasteiger partial charge in [0, 0.05) is 6.04 Å². The van der Waals surface area contributed by atoms with E-state index in [4.69, 9.17) is 5.73 Å². The van der Waals surface area contributed by atoms with Crippen LogP contribution in [-0.4, -0.2) is 32.7 Å².